The summed E-state index contributed by atoms with van der Waals surface area (Å²) in [5, 5.41) is 11.5. The van der Waals surface area contributed by atoms with Gasteiger partial charge in [0, 0.05) is 17.3 Å². The van der Waals surface area contributed by atoms with Crippen LogP contribution in [-0.4, -0.2) is 36.6 Å². The van der Waals surface area contributed by atoms with Gasteiger partial charge in [0.2, 0.25) is 0 Å². The van der Waals surface area contributed by atoms with E-state index in [0.29, 0.717) is 53.9 Å². The van der Waals surface area contributed by atoms with Gasteiger partial charge in [-0.25, -0.2) is 0 Å². The molecule has 1 saturated heterocycles. The molecular weight excluding hydrogens is 494 g/mol. The van der Waals surface area contributed by atoms with Crippen molar-refractivity contribution in [3.8, 4) is 17.2 Å². The van der Waals surface area contributed by atoms with Crippen molar-refractivity contribution in [2.45, 2.75) is 45.6 Å². The van der Waals surface area contributed by atoms with Crippen LogP contribution in [0.5, 0.6) is 17.2 Å². The molecule has 0 spiro atoms. The standard InChI is InChI=1S/C32H33NO6/c1-5-15-37-24-8-6-7-21(18-24)29(34)27-28(20-9-11-22(12-10-20)32(2,3)4)33(31(36)30(27)35)23-13-14-25-26(19-23)39-17-16-38-25/h6-14,18-19,28,34H,5,15-17H2,1-4H3/b29-27+. The van der Waals surface area contributed by atoms with Crippen LogP contribution in [0.1, 0.15) is 56.8 Å². The summed E-state index contributed by atoms with van der Waals surface area (Å²) in [4.78, 5) is 28.6. The van der Waals surface area contributed by atoms with E-state index in [1.54, 1.807) is 42.5 Å². The molecule has 3 aromatic carbocycles. The van der Waals surface area contributed by atoms with Crippen molar-refractivity contribution >= 4 is 23.1 Å². The average molecular weight is 528 g/mol. The van der Waals surface area contributed by atoms with Crippen molar-refractivity contribution < 1.29 is 28.9 Å². The van der Waals surface area contributed by atoms with Crippen molar-refractivity contribution in [1.29, 1.82) is 0 Å². The van der Waals surface area contributed by atoms with Crippen molar-refractivity contribution in [2.75, 3.05) is 24.7 Å². The minimum Gasteiger partial charge on any atom is -0.507 e. The second kappa shape index (κ2) is 10.5. The largest absolute Gasteiger partial charge is 0.507 e. The van der Waals surface area contributed by atoms with Crippen LogP contribution in [0.2, 0.25) is 0 Å². The van der Waals surface area contributed by atoms with Crippen LogP contribution in [-0.2, 0) is 15.0 Å². The lowest BCUT2D eigenvalue weighted by Gasteiger charge is -2.28. The fraction of sp³-hybridized carbons (Fsp3) is 0.312. The zero-order valence-corrected chi connectivity index (χ0v) is 22.7. The highest BCUT2D eigenvalue weighted by Gasteiger charge is 2.47. The number of hydrogen-bond donors (Lipinski definition) is 1. The zero-order chi connectivity index (χ0) is 27.7. The molecule has 1 unspecified atom stereocenters. The van der Waals surface area contributed by atoms with Crippen LogP contribution in [0.3, 0.4) is 0 Å². The number of anilines is 1. The molecule has 1 fully saturated rings. The number of carbonyl (C=O) groups is 2. The first-order valence-electron chi connectivity index (χ1n) is 13.2. The van der Waals surface area contributed by atoms with Crippen LogP contribution in [0.4, 0.5) is 5.69 Å². The number of aliphatic hydroxyl groups is 1. The Morgan fingerprint density at radius 2 is 1.69 bits per heavy atom. The van der Waals surface area contributed by atoms with E-state index >= 15 is 0 Å². The highest BCUT2D eigenvalue weighted by Crippen LogP contribution is 2.45. The lowest BCUT2D eigenvalue weighted by molar-refractivity contribution is -0.132. The quantitative estimate of drug-likeness (QED) is 0.234. The van der Waals surface area contributed by atoms with Gasteiger partial charge in [-0.05, 0) is 47.2 Å². The summed E-state index contributed by atoms with van der Waals surface area (Å²) < 4.78 is 17.1. The molecular formula is C32H33NO6. The Labute approximate surface area is 228 Å². The number of benzene rings is 3. The number of ketones is 1. The monoisotopic (exact) mass is 527 g/mol. The predicted molar refractivity (Wildman–Crippen MR) is 150 cm³/mol. The van der Waals surface area contributed by atoms with Gasteiger partial charge in [-0.1, -0.05) is 64.1 Å². The molecule has 0 bridgehead atoms. The molecule has 39 heavy (non-hydrogen) atoms. The van der Waals surface area contributed by atoms with Crippen LogP contribution < -0.4 is 19.1 Å². The Bertz CT molecular complexity index is 1430. The number of hydrogen-bond acceptors (Lipinski definition) is 6. The summed E-state index contributed by atoms with van der Waals surface area (Å²) in [6, 6.07) is 19.1. The Hall–Kier alpha value is -4.26. The fourth-order valence-corrected chi connectivity index (χ4v) is 4.87. The average Bonchev–Trinajstić information content (AvgIpc) is 3.21. The van der Waals surface area contributed by atoms with Gasteiger partial charge in [-0.2, -0.15) is 0 Å². The first-order chi connectivity index (χ1) is 18.7. The Morgan fingerprint density at radius 3 is 2.38 bits per heavy atom. The second-order valence-electron chi connectivity index (χ2n) is 10.7. The molecule has 2 aliphatic rings. The third-order valence-electron chi connectivity index (χ3n) is 6.92. The minimum absolute atomic E-state index is 0.0195. The SMILES string of the molecule is CCCOc1cccc(/C(O)=C2\C(=O)C(=O)N(c3ccc4c(c3)OCCO4)C2c2ccc(C(C)(C)C)cc2)c1. The Kier molecular flexibility index (Phi) is 7.08. The summed E-state index contributed by atoms with van der Waals surface area (Å²) in [5.74, 6) is -0.0724. The van der Waals surface area contributed by atoms with Gasteiger partial charge in [-0.3, -0.25) is 14.5 Å². The Balaban J connectivity index is 1.66. The number of rotatable bonds is 6. The van der Waals surface area contributed by atoms with Crippen molar-refractivity contribution in [2.24, 2.45) is 0 Å². The van der Waals surface area contributed by atoms with Crippen LogP contribution in [0, 0.1) is 0 Å². The molecule has 5 rings (SSSR count). The van der Waals surface area contributed by atoms with Crippen LogP contribution in [0.15, 0.2) is 72.3 Å². The summed E-state index contributed by atoms with van der Waals surface area (Å²) in [6.07, 6.45) is 0.835. The molecule has 7 nitrogen and oxygen atoms in total. The lowest BCUT2D eigenvalue weighted by Crippen LogP contribution is -2.29. The molecule has 0 radical (unpaired) electrons. The van der Waals surface area contributed by atoms with Crippen LogP contribution >= 0.6 is 0 Å². The van der Waals surface area contributed by atoms with E-state index in [2.05, 4.69) is 20.8 Å². The molecule has 0 saturated carbocycles. The summed E-state index contributed by atoms with van der Waals surface area (Å²) in [6.45, 7) is 9.74. The summed E-state index contributed by atoms with van der Waals surface area (Å²) in [5.41, 5.74) is 2.64. The topological polar surface area (TPSA) is 85.3 Å². The first kappa shape index (κ1) is 26.4. The number of amides is 1. The first-order valence-corrected chi connectivity index (χ1v) is 13.2. The number of carbonyl (C=O) groups excluding carboxylic acids is 2. The van der Waals surface area contributed by atoms with Gasteiger partial charge in [0.05, 0.1) is 18.2 Å². The van der Waals surface area contributed by atoms with Gasteiger partial charge in [0.15, 0.2) is 11.5 Å². The zero-order valence-electron chi connectivity index (χ0n) is 22.7. The number of ether oxygens (including phenoxy) is 3. The fourth-order valence-electron chi connectivity index (χ4n) is 4.87. The van der Waals surface area contributed by atoms with Crippen molar-refractivity contribution in [3.63, 3.8) is 0 Å². The maximum absolute atomic E-state index is 13.6. The molecule has 0 aliphatic carbocycles. The Morgan fingerprint density at radius 1 is 0.974 bits per heavy atom. The predicted octanol–water partition coefficient (Wildman–Crippen LogP) is 6.17. The van der Waals surface area contributed by atoms with E-state index < -0.39 is 17.7 Å². The molecule has 2 aliphatic heterocycles. The minimum atomic E-state index is -0.846. The number of Topliss-reactive ketones (excluding diaryl/α,β-unsaturated/α-hetero) is 1. The van der Waals surface area contributed by atoms with E-state index in [-0.39, 0.29) is 16.7 Å². The second-order valence-corrected chi connectivity index (χ2v) is 10.7. The van der Waals surface area contributed by atoms with E-state index in [4.69, 9.17) is 14.2 Å². The number of fused-ring (bicyclic) bond motifs is 1. The smallest absolute Gasteiger partial charge is 0.300 e. The van der Waals surface area contributed by atoms with Gasteiger partial charge >= 0.3 is 0 Å². The molecule has 2 heterocycles. The third-order valence-corrected chi connectivity index (χ3v) is 6.92. The van der Waals surface area contributed by atoms with E-state index in [1.165, 1.54) is 4.90 Å². The molecule has 202 valence electrons. The van der Waals surface area contributed by atoms with Gasteiger partial charge in [-0.15, -0.1) is 0 Å². The molecule has 1 amide bonds. The maximum Gasteiger partial charge on any atom is 0.300 e. The highest BCUT2D eigenvalue weighted by molar-refractivity contribution is 6.51. The highest BCUT2D eigenvalue weighted by atomic mass is 16.6. The molecule has 3 aromatic rings. The van der Waals surface area contributed by atoms with Crippen molar-refractivity contribution in [3.05, 3.63) is 89.0 Å². The number of nitrogens with zero attached hydrogens (tertiary/aromatic N) is 1. The van der Waals surface area contributed by atoms with Gasteiger partial charge in [0.1, 0.15) is 24.7 Å². The molecule has 1 N–H and O–H groups in total. The summed E-state index contributed by atoms with van der Waals surface area (Å²) in [7, 11) is 0. The van der Waals surface area contributed by atoms with Gasteiger partial charge in [0.25, 0.3) is 11.7 Å². The van der Waals surface area contributed by atoms with Crippen molar-refractivity contribution in [1.82, 2.24) is 0 Å². The van der Waals surface area contributed by atoms with Crippen LogP contribution in [0.25, 0.3) is 5.76 Å². The molecule has 7 heteroatoms. The maximum atomic E-state index is 13.6. The van der Waals surface area contributed by atoms with E-state index in [9.17, 15) is 14.7 Å². The number of aliphatic hydroxyl groups excluding tert-OH is 1. The lowest BCUT2D eigenvalue weighted by atomic mass is 9.85. The summed E-state index contributed by atoms with van der Waals surface area (Å²) >= 11 is 0. The molecule has 0 aromatic heterocycles. The van der Waals surface area contributed by atoms with Gasteiger partial charge < -0.3 is 19.3 Å². The van der Waals surface area contributed by atoms with E-state index in [1.807, 2.05) is 31.2 Å². The third kappa shape index (κ3) is 5.09. The van der Waals surface area contributed by atoms with E-state index in [0.717, 1.165) is 12.0 Å². The normalized spacial score (nSPS) is 18.4. The molecule has 1 atom stereocenters.